The molecular weight excluding hydrogens is 288 g/mol. The summed E-state index contributed by atoms with van der Waals surface area (Å²) in [7, 11) is 0. The monoisotopic (exact) mass is 308 g/mol. The summed E-state index contributed by atoms with van der Waals surface area (Å²) >= 11 is 0. The standard InChI is InChI=1S/C20H20O3/c21-18(15-9-3-1-4-10-15)17-13-7-8-14-20(17,19(22)23)16-11-5-2-6-12-16/h1-6,9-12,17H,7-8,13-14H2,(H,22,23). The Labute approximate surface area is 136 Å². The van der Waals surface area contributed by atoms with Crippen LogP contribution in [0.15, 0.2) is 60.7 Å². The molecule has 0 bridgehead atoms. The van der Waals surface area contributed by atoms with E-state index in [0.717, 1.165) is 18.4 Å². The van der Waals surface area contributed by atoms with Crippen molar-refractivity contribution in [3.8, 4) is 0 Å². The molecule has 0 amide bonds. The quantitative estimate of drug-likeness (QED) is 0.866. The first-order chi connectivity index (χ1) is 11.2. The van der Waals surface area contributed by atoms with Crippen molar-refractivity contribution in [1.82, 2.24) is 0 Å². The van der Waals surface area contributed by atoms with Crippen LogP contribution in [0.25, 0.3) is 0 Å². The molecule has 1 fully saturated rings. The Morgan fingerprint density at radius 2 is 1.52 bits per heavy atom. The largest absolute Gasteiger partial charge is 0.481 e. The van der Waals surface area contributed by atoms with Crippen molar-refractivity contribution >= 4 is 11.8 Å². The molecule has 2 aromatic rings. The van der Waals surface area contributed by atoms with Crippen LogP contribution in [-0.4, -0.2) is 16.9 Å². The molecule has 3 nitrogen and oxygen atoms in total. The van der Waals surface area contributed by atoms with E-state index in [0.29, 0.717) is 18.4 Å². The smallest absolute Gasteiger partial charge is 0.314 e. The molecule has 1 aliphatic rings. The van der Waals surface area contributed by atoms with E-state index in [1.807, 2.05) is 48.5 Å². The number of carbonyl (C=O) groups excluding carboxylic acids is 1. The Balaban J connectivity index is 2.09. The highest BCUT2D eigenvalue weighted by Crippen LogP contribution is 2.45. The molecule has 118 valence electrons. The average molecular weight is 308 g/mol. The highest BCUT2D eigenvalue weighted by atomic mass is 16.4. The number of hydrogen-bond acceptors (Lipinski definition) is 2. The van der Waals surface area contributed by atoms with Crippen molar-refractivity contribution in [2.75, 3.05) is 0 Å². The second kappa shape index (κ2) is 6.37. The zero-order chi connectivity index (χ0) is 16.3. The summed E-state index contributed by atoms with van der Waals surface area (Å²) in [6.07, 6.45) is 2.86. The van der Waals surface area contributed by atoms with Crippen LogP contribution in [0.2, 0.25) is 0 Å². The third kappa shape index (κ3) is 2.67. The van der Waals surface area contributed by atoms with Gasteiger partial charge in [0.15, 0.2) is 5.78 Å². The number of carboxylic acid groups (broad SMARTS) is 1. The maximum atomic E-state index is 13.0. The molecule has 1 saturated carbocycles. The number of carboxylic acids is 1. The lowest BCUT2D eigenvalue weighted by atomic mass is 9.60. The molecule has 2 unspecified atom stereocenters. The summed E-state index contributed by atoms with van der Waals surface area (Å²) in [4.78, 5) is 25.3. The van der Waals surface area contributed by atoms with Crippen molar-refractivity contribution in [3.63, 3.8) is 0 Å². The van der Waals surface area contributed by atoms with Gasteiger partial charge in [0.05, 0.1) is 0 Å². The molecule has 0 heterocycles. The van der Waals surface area contributed by atoms with E-state index in [1.54, 1.807) is 12.1 Å². The van der Waals surface area contributed by atoms with Gasteiger partial charge in [0, 0.05) is 11.5 Å². The lowest BCUT2D eigenvalue weighted by Crippen LogP contribution is -2.48. The van der Waals surface area contributed by atoms with Gasteiger partial charge in [-0.15, -0.1) is 0 Å². The Morgan fingerprint density at radius 1 is 0.913 bits per heavy atom. The van der Waals surface area contributed by atoms with Crippen molar-refractivity contribution < 1.29 is 14.7 Å². The van der Waals surface area contributed by atoms with E-state index in [4.69, 9.17) is 0 Å². The molecule has 0 radical (unpaired) electrons. The third-order valence-corrected chi connectivity index (χ3v) is 4.95. The van der Waals surface area contributed by atoms with Crippen molar-refractivity contribution in [2.24, 2.45) is 5.92 Å². The van der Waals surface area contributed by atoms with Crippen LogP contribution < -0.4 is 0 Å². The SMILES string of the molecule is O=C(c1ccccc1)C1CCCCC1(C(=O)O)c1ccccc1. The fourth-order valence-corrected chi connectivity index (χ4v) is 3.79. The van der Waals surface area contributed by atoms with Gasteiger partial charge in [0.1, 0.15) is 5.41 Å². The summed E-state index contributed by atoms with van der Waals surface area (Å²) in [5.74, 6) is -1.47. The first-order valence-corrected chi connectivity index (χ1v) is 8.04. The van der Waals surface area contributed by atoms with Crippen LogP contribution in [0.4, 0.5) is 0 Å². The minimum absolute atomic E-state index is 0.0587. The second-order valence-electron chi connectivity index (χ2n) is 6.17. The predicted octanol–water partition coefficient (Wildman–Crippen LogP) is 4.08. The van der Waals surface area contributed by atoms with Crippen LogP contribution in [0, 0.1) is 5.92 Å². The molecule has 0 aromatic heterocycles. The van der Waals surface area contributed by atoms with Crippen molar-refractivity contribution in [2.45, 2.75) is 31.1 Å². The average Bonchev–Trinajstić information content (AvgIpc) is 2.62. The third-order valence-electron chi connectivity index (χ3n) is 4.95. The molecule has 3 rings (SSSR count). The van der Waals surface area contributed by atoms with Crippen LogP contribution in [0.1, 0.15) is 41.6 Å². The number of carbonyl (C=O) groups is 2. The summed E-state index contributed by atoms with van der Waals surface area (Å²) in [5, 5.41) is 10.1. The van der Waals surface area contributed by atoms with Crippen LogP contribution in [-0.2, 0) is 10.2 Å². The minimum atomic E-state index is -1.12. The lowest BCUT2D eigenvalue weighted by Gasteiger charge is -2.40. The molecule has 2 aromatic carbocycles. The number of aliphatic carboxylic acids is 1. The summed E-state index contributed by atoms with van der Waals surface area (Å²) in [6, 6.07) is 18.3. The summed E-state index contributed by atoms with van der Waals surface area (Å²) in [6.45, 7) is 0. The highest BCUT2D eigenvalue weighted by Gasteiger charge is 2.51. The molecule has 3 heteroatoms. The van der Waals surface area contributed by atoms with Crippen LogP contribution >= 0.6 is 0 Å². The molecule has 1 aliphatic carbocycles. The minimum Gasteiger partial charge on any atom is -0.481 e. The van der Waals surface area contributed by atoms with Crippen LogP contribution in [0.3, 0.4) is 0 Å². The van der Waals surface area contributed by atoms with Gasteiger partial charge in [0.2, 0.25) is 0 Å². The molecule has 0 saturated heterocycles. The van der Waals surface area contributed by atoms with Gasteiger partial charge in [-0.2, -0.15) is 0 Å². The highest BCUT2D eigenvalue weighted by molar-refractivity contribution is 6.02. The normalized spacial score (nSPS) is 24.1. The van der Waals surface area contributed by atoms with E-state index < -0.39 is 17.3 Å². The van der Waals surface area contributed by atoms with Gasteiger partial charge in [-0.1, -0.05) is 73.5 Å². The van der Waals surface area contributed by atoms with E-state index in [2.05, 4.69) is 0 Å². The number of rotatable bonds is 4. The van der Waals surface area contributed by atoms with Gasteiger partial charge in [0.25, 0.3) is 0 Å². The van der Waals surface area contributed by atoms with Gasteiger partial charge in [-0.3, -0.25) is 9.59 Å². The van der Waals surface area contributed by atoms with Crippen LogP contribution in [0.5, 0.6) is 0 Å². The zero-order valence-electron chi connectivity index (χ0n) is 12.9. The van der Waals surface area contributed by atoms with Crippen molar-refractivity contribution in [1.29, 1.82) is 0 Å². The van der Waals surface area contributed by atoms with E-state index >= 15 is 0 Å². The molecule has 2 atom stereocenters. The predicted molar refractivity (Wildman–Crippen MR) is 88.5 cm³/mol. The number of Topliss-reactive ketones (excluding diaryl/α,β-unsaturated/α-hetero) is 1. The Kier molecular flexibility index (Phi) is 4.28. The Hall–Kier alpha value is -2.42. The lowest BCUT2D eigenvalue weighted by molar-refractivity contribution is -0.147. The number of hydrogen-bond donors (Lipinski definition) is 1. The maximum absolute atomic E-state index is 13.0. The fraction of sp³-hybridized carbons (Fsp3) is 0.300. The summed E-state index contributed by atoms with van der Waals surface area (Å²) < 4.78 is 0. The van der Waals surface area contributed by atoms with Gasteiger partial charge < -0.3 is 5.11 Å². The first-order valence-electron chi connectivity index (χ1n) is 8.04. The Bertz CT molecular complexity index is 693. The van der Waals surface area contributed by atoms with Crippen molar-refractivity contribution in [3.05, 3.63) is 71.8 Å². The zero-order valence-corrected chi connectivity index (χ0v) is 12.9. The topological polar surface area (TPSA) is 54.4 Å². The molecule has 1 N–H and O–H groups in total. The van der Waals surface area contributed by atoms with E-state index in [1.165, 1.54) is 0 Å². The van der Waals surface area contributed by atoms with Gasteiger partial charge in [-0.25, -0.2) is 0 Å². The Morgan fingerprint density at radius 3 is 2.13 bits per heavy atom. The molecule has 0 spiro atoms. The van der Waals surface area contributed by atoms with E-state index in [-0.39, 0.29) is 5.78 Å². The van der Waals surface area contributed by atoms with Gasteiger partial charge in [-0.05, 0) is 18.4 Å². The summed E-state index contributed by atoms with van der Waals surface area (Å²) in [5.41, 5.74) is 0.217. The second-order valence-corrected chi connectivity index (χ2v) is 6.17. The van der Waals surface area contributed by atoms with E-state index in [9.17, 15) is 14.7 Å². The number of benzene rings is 2. The molecule has 23 heavy (non-hydrogen) atoms. The molecule has 0 aliphatic heterocycles. The number of ketones is 1. The molecular formula is C20H20O3. The fourth-order valence-electron chi connectivity index (χ4n) is 3.79. The maximum Gasteiger partial charge on any atom is 0.314 e. The first kappa shape index (κ1) is 15.5. The van der Waals surface area contributed by atoms with Gasteiger partial charge >= 0.3 is 5.97 Å².